The van der Waals surface area contributed by atoms with E-state index in [4.69, 9.17) is 14.9 Å². The van der Waals surface area contributed by atoms with E-state index >= 15 is 0 Å². The van der Waals surface area contributed by atoms with E-state index in [9.17, 15) is 0 Å². The number of para-hydroxylation sites is 1. The average molecular weight is 244 g/mol. The first-order valence-corrected chi connectivity index (χ1v) is 5.61. The number of fused-ring (bicyclic) bond motifs is 1. The second-order valence-corrected chi connectivity index (χ2v) is 3.74. The Hall–Kier alpha value is -2.50. The zero-order chi connectivity index (χ0) is 12.5. The van der Waals surface area contributed by atoms with E-state index in [-0.39, 0.29) is 0 Å². The number of nitrogens with two attached hydrogens (primary N) is 1. The summed E-state index contributed by atoms with van der Waals surface area (Å²) in [7, 11) is 0. The van der Waals surface area contributed by atoms with Gasteiger partial charge in [0.1, 0.15) is 5.52 Å². The van der Waals surface area contributed by atoms with Gasteiger partial charge >= 0.3 is 6.01 Å². The smallest absolute Gasteiger partial charge is 0.324 e. The Kier molecular flexibility index (Phi) is 2.40. The molecule has 0 atom stereocenters. The lowest BCUT2D eigenvalue weighted by Crippen LogP contribution is -1.94. The van der Waals surface area contributed by atoms with Crippen molar-refractivity contribution in [3.05, 3.63) is 30.6 Å². The van der Waals surface area contributed by atoms with Crippen LogP contribution >= 0.6 is 0 Å². The third kappa shape index (κ3) is 1.67. The normalized spacial score (nSPS) is 10.9. The molecule has 0 aliphatic heterocycles. The van der Waals surface area contributed by atoms with Gasteiger partial charge in [0.25, 0.3) is 0 Å². The second kappa shape index (κ2) is 4.06. The fourth-order valence-electron chi connectivity index (χ4n) is 1.71. The number of hydrogen-bond donors (Lipinski definition) is 1. The molecule has 0 fully saturated rings. The third-order valence-electron chi connectivity index (χ3n) is 2.50. The molecule has 3 aromatic rings. The zero-order valence-corrected chi connectivity index (χ0v) is 9.83. The highest BCUT2D eigenvalue weighted by Gasteiger charge is 2.11. The molecule has 1 aromatic carbocycles. The van der Waals surface area contributed by atoms with Crippen LogP contribution < -0.4 is 10.5 Å². The topological polar surface area (TPSA) is 79.1 Å². The fourth-order valence-corrected chi connectivity index (χ4v) is 1.71. The first-order chi connectivity index (χ1) is 8.78. The maximum Gasteiger partial charge on any atom is 0.324 e. The minimum absolute atomic E-state index is 0.369. The fraction of sp³-hybridized carbons (Fsp3) is 0.167. The Labute approximate surface area is 103 Å². The molecule has 6 heteroatoms. The number of aromatic nitrogens is 3. The predicted octanol–water partition coefficient (Wildman–Crippen LogP) is 1.99. The minimum Gasteiger partial charge on any atom is -0.491 e. The van der Waals surface area contributed by atoms with Gasteiger partial charge in [-0.05, 0) is 19.1 Å². The van der Waals surface area contributed by atoms with Gasteiger partial charge in [0.05, 0.1) is 24.7 Å². The van der Waals surface area contributed by atoms with Gasteiger partial charge in [-0.2, -0.15) is 14.8 Å². The van der Waals surface area contributed by atoms with E-state index in [1.165, 1.54) is 4.68 Å². The summed E-state index contributed by atoms with van der Waals surface area (Å²) in [5.41, 5.74) is 7.68. The summed E-state index contributed by atoms with van der Waals surface area (Å²) in [6.07, 6.45) is 3.33. The molecule has 2 N–H and O–H groups in total. The van der Waals surface area contributed by atoms with Crippen molar-refractivity contribution in [1.82, 2.24) is 14.8 Å². The first kappa shape index (κ1) is 10.6. The molecular formula is C12H12N4O2. The van der Waals surface area contributed by atoms with Crippen LogP contribution in [0.1, 0.15) is 6.92 Å². The summed E-state index contributed by atoms with van der Waals surface area (Å²) in [6.45, 7) is 2.50. The summed E-state index contributed by atoms with van der Waals surface area (Å²) in [4.78, 5) is 4.31. The van der Waals surface area contributed by atoms with Crippen molar-refractivity contribution in [3.63, 3.8) is 0 Å². The standard InChI is InChI=1S/C12H12N4O2/c1-2-17-8-6-14-16(7-8)12-15-11-9(13)4-3-5-10(11)18-12/h3-7H,2,13H2,1H3. The zero-order valence-electron chi connectivity index (χ0n) is 9.83. The van der Waals surface area contributed by atoms with Crippen LogP contribution in [0.4, 0.5) is 5.69 Å². The molecule has 0 bridgehead atoms. The van der Waals surface area contributed by atoms with Crippen molar-refractivity contribution in [3.8, 4) is 11.8 Å². The summed E-state index contributed by atoms with van der Waals surface area (Å²) in [6, 6.07) is 5.79. The van der Waals surface area contributed by atoms with Gasteiger partial charge in [-0.25, -0.2) is 0 Å². The molecule has 18 heavy (non-hydrogen) atoms. The number of anilines is 1. The Morgan fingerprint density at radius 2 is 2.33 bits per heavy atom. The largest absolute Gasteiger partial charge is 0.491 e. The molecule has 0 radical (unpaired) electrons. The van der Waals surface area contributed by atoms with Gasteiger partial charge in [-0.3, -0.25) is 0 Å². The van der Waals surface area contributed by atoms with Gasteiger partial charge < -0.3 is 14.9 Å². The SMILES string of the molecule is CCOc1cnn(-c2nc3c(N)cccc3o2)c1. The van der Waals surface area contributed by atoms with E-state index in [2.05, 4.69) is 10.1 Å². The predicted molar refractivity (Wildman–Crippen MR) is 66.7 cm³/mol. The van der Waals surface area contributed by atoms with Crippen LogP contribution in [0.2, 0.25) is 0 Å². The van der Waals surface area contributed by atoms with Crippen molar-refractivity contribution >= 4 is 16.8 Å². The van der Waals surface area contributed by atoms with Crippen molar-refractivity contribution in [2.45, 2.75) is 6.92 Å². The van der Waals surface area contributed by atoms with Crippen LogP contribution in [0.3, 0.4) is 0 Å². The highest BCUT2D eigenvalue weighted by molar-refractivity contribution is 5.85. The number of nitrogen functional groups attached to an aromatic ring is 1. The quantitative estimate of drug-likeness (QED) is 0.713. The van der Waals surface area contributed by atoms with Gasteiger partial charge in [0, 0.05) is 0 Å². The van der Waals surface area contributed by atoms with Gasteiger partial charge in [0.15, 0.2) is 11.3 Å². The van der Waals surface area contributed by atoms with Crippen molar-refractivity contribution < 1.29 is 9.15 Å². The molecule has 0 saturated heterocycles. The molecule has 0 amide bonds. The van der Waals surface area contributed by atoms with Gasteiger partial charge in [0.2, 0.25) is 0 Å². The number of hydrogen-bond acceptors (Lipinski definition) is 5. The van der Waals surface area contributed by atoms with E-state index < -0.39 is 0 Å². The van der Waals surface area contributed by atoms with Crippen LogP contribution in [-0.4, -0.2) is 21.4 Å². The lowest BCUT2D eigenvalue weighted by atomic mass is 10.3. The Morgan fingerprint density at radius 3 is 3.11 bits per heavy atom. The lowest BCUT2D eigenvalue weighted by Gasteiger charge is -1.94. The van der Waals surface area contributed by atoms with Crippen molar-refractivity contribution in [1.29, 1.82) is 0 Å². The Balaban J connectivity index is 2.05. The van der Waals surface area contributed by atoms with Gasteiger partial charge in [-0.1, -0.05) is 6.07 Å². The monoisotopic (exact) mass is 244 g/mol. The highest BCUT2D eigenvalue weighted by Crippen LogP contribution is 2.23. The summed E-state index contributed by atoms with van der Waals surface area (Å²) < 4.78 is 12.4. The third-order valence-corrected chi connectivity index (χ3v) is 2.50. The maximum absolute atomic E-state index is 5.82. The summed E-state index contributed by atoms with van der Waals surface area (Å²) in [5, 5.41) is 4.12. The molecule has 0 aliphatic rings. The van der Waals surface area contributed by atoms with E-state index in [1.54, 1.807) is 18.5 Å². The van der Waals surface area contributed by atoms with E-state index in [0.29, 0.717) is 35.2 Å². The molecule has 6 nitrogen and oxygen atoms in total. The number of rotatable bonds is 3. The van der Waals surface area contributed by atoms with Gasteiger partial charge in [-0.15, -0.1) is 0 Å². The molecular weight excluding hydrogens is 232 g/mol. The molecule has 2 aromatic heterocycles. The number of benzene rings is 1. The van der Waals surface area contributed by atoms with Crippen LogP contribution in [0.5, 0.6) is 5.75 Å². The maximum atomic E-state index is 5.82. The Morgan fingerprint density at radius 1 is 1.44 bits per heavy atom. The number of ether oxygens (including phenoxy) is 1. The van der Waals surface area contributed by atoms with Crippen molar-refractivity contribution in [2.75, 3.05) is 12.3 Å². The highest BCUT2D eigenvalue weighted by atomic mass is 16.5. The average Bonchev–Trinajstić information content (AvgIpc) is 2.96. The van der Waals surface area contributed by atoms with Crippen LogP contribution in [0, 0.1) is 0 Å². The molecule has 0 spiro atoms. The van der Waals surface area contributed by atoms with E-state index in [1.807, 2.05) is 19.1 Å². The van der Waals surface area contributed by atoms with Crippen molar-refractivity contribution in [2.24, 2.45) is 0 Å². The number of nitrogens with zero attached hydrogens (tertiary/aromatic N) is 3. The summed E-state index contributed by atoms with van der Waals surface area (Å²) in [5.74, 6) is 0.674. The molecule has 0 aliphatic carbocycles. The van der Waals surface area contributed by atoms with E-state index in [0.717, 1.165) is 0 Å². The Bertz CT molecular complexity index is 686. The van der Waals surface area contributed by atoms with Crippen LogP contribution in [0.25, 0.3) is 17.1 Å². The molecule has 0 unspecified atom stereocenters. The van der Waals surface area contributed by atoms with Crippen LogP contribution in [-0.2, 0) is 0 Å². The molecule has 0 saturated carbocycles. The lowest BCUT2D eigenvalue weighted by molar-refractivity contribution is 0.340. The molecule has 92 valence electrons. The second-order valence-electron chi connectivity index (χ2n) is 3.74. The first-order valence-electron chi connectivity index (χ1n) is 5.61. The molecule has 2 heterocycles. The minimum atomic E-state index is 0.369. The summed E-state index contributed by atoms with van der Waals surface area (Å²) >= 11 is 0. The van der Waals surface area contributed by atoms with Crippen LogP contribution in [0.15, 0.2) is 35.0 Å². The molecule has 3 rings (SSSR count). The number of oxazole rings is 1.